The van der Waals surface area contributed by atoms with Gasteiger partial charge in [0.05, 0.1) is 4.34 Å². The molecule has 0 aromatic carbocycles. The van der Waals surface area contributed by atoms with Crippen LogP contribution in [0.2, 0.25) is 4.34 Å². The van der Waals surface area contributed by atoms with E-state index in [1.807, 2.05) is 7.05 Å². The second-order valence-electron chi connectivity index (χ2n) is 4.83. The van der Waals surface area contributed by atoms with E-state index in [-0.39, 0.29) is 12.4 Å². The lowest BCUT2D eigenvalue weighted by atomic mass is 9.93. The van der Waals surface area contributed by atoms with Crippen molar-refractivity contribution in [3.05, 3.63) is 21.3 Å². The SMILES string of the molecule is CNCCC1CCN(Cc2ccsc2Cl)CC1.Cl. The number of nitrogens with zero attached hydrogens (tertiary/aromatic N) is 1. The van der Waals surface area contributed by atoms with Gasteiger partial charge in [-0.05, 0) is 68.9 Å². The summed E-state index contributed by atoms with van der Waals surface area (Å²) < 4.78 is 0.960. The molecular formula is C13H22Cl2N2S. The van der Waals surface area contributed by atoms with E-state index in [0.29, 0.717) is 0 Å². The van der Waals surface area contributed by atoms with Crippen LogP contribution in [0, 0.1) is 5.92 Å². The molecule has 0 atom stereocenters. The standard InChI is InChI=1S/C13H21ClN2S.ClH/c1-15-6-2-11-3-7-16(8-4-11)10-12-5-9-17-13(12)14;/h5,9,11,15H,2-4,6-8,10H2,1H3;1H. The third kappa shape index (κ3) is 4.71. The first-order valence-electron chi connectivity index (χ1n) is 6.38. The Balaban J connectivity index is 0.00000162. The summed E-state index contributed by atoms with van der Waals surface area (Å²) in [5.41, 5.74) is 1.30. The molecule has 18 heavy (non-hydrogen) atoms. The summed E-state index contributed by atoms with van der Waals surface area (Å²) in [5.74, 6) is 0.914. The highest BCUT2D eigenvalue weighted by Crippen LogP contribution is 2.26. The average Bonchev–Trinajstić information content (AvgIpc) is 2.74. The first kappa shape index (κ1) is 16.3. The molecular weight excluding hydrogens is 287 g/mol. The van der Waals surface area contributed by atoms with E-state index < -0.39 is 0 Å². The van der Waals surface area contributed by atoms with Gasteiger partial charge in [-0.3, -0.25) is 4.90 Å². The van der Waals surface area contributed by atoms with Crippen molar-refractivity contribution < 1.29 is 0 Å². The summed E-state index contributed by atoms with van der Waals surface area (Å²) in [7, 11) is 2.04. The number of piperidine rings is 1. The third-order valence-electron chi connectivity index (χ3n) is 3.60. The van der Waals surface area contributed by atoms with Crippen LogP contribution in [0.25, 0.3) is 0 Å². The molecule has 0 amide bonds. The number of rotatable bonds is 5. The number of likely N-dealkylation sites (tertiary alicyclic amines) is 1. The zero-order valence-electron chi connectivity index (χ0n) is 10.8. The van der Waals surface area contributed by atoms with Crippen molar-refractivity contribution in [3.63, 3.8) is 0 Å². The van der Waals surface area contributed by atoms with Gasteiger partial charge in [-0.1, -0.05) is 11.6 Å². The maximum absolute atomic E-state index is 6.14. The molecule has 2 rings (SSSR count). The van der Waals surface area contributed by atoms with Gasteiger partial charge >= 0.3 is 0 Å². The first-order chi connectivity index (χ1) is 8.29. The maximum atomic E-state index is 6.14. The Morgan fingerprint density at radius 2 is 2.17 bits per heavy atom. The van der Waals surface area contributed by atoms with Gasteiger partial charge < -0.3 is 5.32 Å². The predicted molar refractivity (Wildman–Crippen MR) is 83.1 cm³/mol. The zero-order valence-corrected chi connectivity index (χ0v) is 13.2. The molecule has 0 saturated carbocycles. The van der Waals surface area contributed by atoms with Crippen molar-refractivity contribution in [1.29, 1.82) is 0 Å². The Morgan fingerprint density at radius 3 is 2.72 bits per heavy atom. The summed E-state index contributed by atoms with van der Waals surface area (Å²) >= 11 is 7.77. The molecule has 0 unspecified atom stereocenters. The highest BCUT2D eigenvalue weighted by molar-refractivity contribution is 7.14. The molecule has 1 aliphatic heterocycles. The Bertz CT molecular complexity index is 335. The fourth-order valence-electron chi connectivity index (χ4n) is 2.45. The van der Waals surface area contributed by atoms with E-state index in [2.05, 4.69) is 21.7 Å². The Hall–Kier alpha value is 0.200. The van der Waals surface area contributed by atoms with E-state index in [4.69, 9.17) is 11.6 Å². The largest absolute Gasteiger partial charge is 0.320 e. The van der Waals surface area contributed by atoms with Crippen molar-refractivity contribution in [2.24, 2.45) is 5.92 Å². The number of hydrogen-bond acceptors (Lipinski definition) is 3. The van der Waals surface area contributed by atoms with Gasteiger partial charge in [-0.15, -0.1) is 23.7 Å². The molecule has 0 bridgehead atoms. The Kier molecular flexibility index (Phi) is 7.57. The summed E-state index contributed by atoms with van der Waals surface area (Å²) in [4.78, 5) is 2.53. The molecule has 0 radical (unpaired) electrons. The molecule has 5 heteroatoms. The second kappa shape index (κ2) is 8.39. The third-order valence-corrected chi connectivity index (χ3v) is 4.85. The van der Waals surface area contributed by atoms with Crippen molar-refractivity contribution >= 4 is 35.3 Å². The lowest BCUT2D eigenvalue weighted by Gasteiger charge is -2.31. The van der Waals surface area contributed by atoms with Gasteiger partial charge in [-0.2, -0.15) is 0 Å². The summed E-state index contributed by atoms with van der Waals surface area (Å²) in [6.45, 7) is 4.63. The fraction of sp³-hybridized carbons (Fsp3) is 0.692. The Labute approximate surface area is 125 Å². The number of halogens is 2. The van der Waals surface area contributed by atoms with Crippen LogP contribution in [-0.4, -0.2) is 31.6 Å². The van der Waals surface area contributed by atoms with Crippen LogP contribution in [0.4, 0.5) is 0 Å². The van der Waals surface area contributed by atoms with Crippen LogP contribution in [0.5, 0.6) is 0 Å². The second-order valence-corrected chi connectivity index (χ2v) is 6.35. The molecule has 1 saturated heterocycles. The normalized spacial score (nSPS) is 17.7. The summed E-state index contributed by atoms with van der Waals surface area (Å²) in [5, 5.41) is 5.32. The lowest BCUT2D eigenvalue weighted by Crippen LogP contribution is -2.34. The predicted octanol–water partition coefficient (Wildman–Crippen LogP) is 3.64. The molecule has 1 aromatic heterocycles. The van der Waals surface area contributed by atoms with Gasteiger partial charge in [0.1, 0.15) is 0 Å². The quantitative estimate of drug-likeness (QED) is 0.893. The van der Waals surface area contributed by atoms with Crippen molar-refractivity contribution in [2.75, 3.05) is 26.7 Å². The summed E-state index contributed by atoms with van der Waals surface area (Å²) in [6, 6.07) is 2.15. The smallest absolute Gasteiger partial charge is 0.0973 e. The van der Waals surface area contributed by atoms with Gasteiger partial charge in [0.25, 0.3) is 0 Å². The van der Waals surface area contributed by atoms with E-state index in [0.717, 1.165) is 23.3 Å². The number of thiophene rings is 1. The topological polar surface area (TPSA) is 15.3 Å². The lowest BCUT2D eigenvalue weighted by molar-refractivity contribution is 0.172. The van der Waals surface area contributed by atoms with Crippen LogP contribution < -0.4 is 5.32 Å². The molecule has 0 spiro atoms. The van der Waals surface area contributed by atoms with E-state index in [1.165, 1.54) is 37.9 Å². The molecule has 1 aromatic rings. The van der Waals surface area contributed by atoms with Gasteiger partial charge in [0.2, 0.25) is 0 Å². The highest BCUT2D eigenvalue weighted by atomic mass is 35.5. The maximum Gasteiger partial charge on any atom is 0.0973 e. The molecule has 104 valence electrons. The van der Waals surface area contributed by atoms with Gasteiger partial charge in [-0.25, -0.2) is 0 Å². The molecule has 1 aliphatic rings. The van der Waals surface area contributed by atoms with E-state index in [1.54, 1.807) is 11.3 Å². The van der Waals surface area contributed by atoms with Gasteiger partial charge in [0, 0.05) is 6.54 Å². The molecule has 2 heterocycles. The van der Waals surface area contributed by atoms with Crippen LogP contribution in [-0.2, 0) is 6.54 Å². The van der Waals surface area contributed by atoms with E-state index in [9.17, 15) is 0 Å². The van der Waals surface area contributed by atoms with Crippen LogP contribution in [0.1, 0.15) is 24.8 Å². The van der Waals surface area contributed by atoms with Crippen LogP contribution in [0.3, 0.4) is 0 Å². The van der Waals surface area contributed by atoms with E-state index >= 15 is 0 Å². The summed E-state index contributed by atoms with van der Waals surface area (Å²) in [6.07, 6.45) is 4.00. The number of hydrogen-bond donors (Lipinski definition) is 1. The molecule has 0 aliphatic carbocycles. The molecule has 2 nitrogen and oxygen atoms in total. The van der Waals surface area contributed by atoms with Crippen LogP contribution in [0.15, 0.2) is 11.4 Å². The Morgan fingerprint density at radius 1 is 1.44 bits per heavy atom. The monoisotopic (exact) mass is 308 g/mol. The zero-order chi connectivity index (χ0) is 12.1. The van der Waals surface area contributed by atoms with Crippen LogP contribution >= 0.6 is 35.3 Å². The van der Waals surface area contributed by atoms with Crippen molar-refractivity contribution in [2.45, 2.75) is 25.8 Å². The van der Waals surface area contributed by atoms with Crippen molar-refractivity contribution in [3.8, 4) is 0 Å². The minimum Gasteiger partial charge on any atom is -0.320 e. The molecule has 1 fully saturated rings. The highest BCUT2D eigenvalue weighted by Gasteiger charge is 2.19. The molecule has 1 N–H and O–H groups in total. The fourth-order valence-corrected chi connectivity index (χ4v) is 3.37. The minimum absolute atomic E-state index is 0. The minimum atomic E-state index is 0. The van der Waals surface area contributed by atoms with Gasteiger partial charge in [0.15, 0.2) is 0 Å². The first-order valence-corrected chi connectivity index (χ1v) is 7.64. The van der Waals surface area contributed by atoms with Crippen molar-refractivity contribution in [1.82, 2.24) is 10.2 Å². The number of nitrogens with one attached hydrogen (secondary N) is 1. The average molecular weight is 309 g/mol.